The van der Waals surface area contributed by atoms with Crippen LogP contribution in [-0.2, 0) is 4.79 Å². The smallest absolute Gasteiger partial charge is 0.325 e. The van der Waals surface area contributed by atoms with Crippen LogP contribution in [0.3, 0.4) is 0 Å². The molecule has 2 unspecified atom stereocenters. The van der Waals surface area contributed by atoms with Crippen molar-refractivity contribution in [2.75, 3.05) is 58.3 Å². The van der Waals surface area contributed by atoms with Crippen LogP contribution in [0.15, 0.2) is 29.3 Å². The number of amides is 3. The Kier molecular flexibility index (Phi) is 6.04. The number of rotatable bonds is 6. The molecule has 9 heteroatoms. The number of fused-ring (bicyclic) bond motifs is 1. The first-order valence-electron chi connectivity index (χ1n) is 10.9. The van der Waals surface area contributed by atoms with Crippen LogP contribution in [-0.4, -0.2) is 98.1 Å². The van der Waals surface area contributed by atoms with Gasteiger partial charge in [-0.25, -0.2) is 9.79 Å². The van der Waals surface area contributed by atoms with Gasteiger partial charge < -0.3 is 19.4 Å². The Morgan fingerprint density at radius 1 is 1.13 bits per heavy atom. The van der Waals surface area contributed by atoms with E-state index in [4.69, 9.17) is 9.73 Å². The van der Waals surface area contributed by atoms with Crippen molar-refractivity contribution in [3.63, 3.8) is 0 Å². The molecule has 1 aromatic rings. The fourth-order valence-electron chi connectivity index (χ4n) is 4.48. The van der Waals surface area contributed by atoms with Gasteiger partial charge in [-0.2, -0.15) is 0 Å². The lowest BCUT2D eigenvalue weighted by atomic mass is 10.1. The number of piperazine rings is 1. The molecule has 4 rings (SSSR count). The van der Waals surface area contributed by atoms with Crippen LogP contribution in [0.1, 0.15) is 13.8 Å². The van der Waals surface area contributed by atoms with Gasteiger partial charge in [0.2, 0.25) is 0 Å². The molecular weight excluding hydrogens is 396 g/mol. The van der Waals surface area contributed by atoms with Crippen molar-refractivity contribution < 1.29 is 14.3 Å². The first-order chi connectivity index (χ1) is 14.9. The van der Waals surface area contributed by atoms with Gasteiger partial charge in [-0.1, -0.05) is 13.8 Å². The molecule has 2 fully saturated rings. The maximum absolute atomic E-state index is 12.6. The summed E-state index contributed by atoms with van der Waals surface area (Å²) < 4.78 is 5.25. The molecule has 2 atom stereocenters. The van der Waals surface area contributed by atoms with Gasteiger partial charge >= 0.3 is 6.03 Å². The van der Waals surface area contributed by atoms with Crippen LogP contribution in [0, 0.1) is 5.92 Å². The molecule has 1 N–H and O–H groups in total. The largest absolute Gasteiger partial charge is 0.497 e. The third-order valence-corrected chi connectivity index (χ3v) is 6.18. The van der Waals surface area contributed by atoms with E-state index in [1.807, 2.05) is 12.1 Å². The molecule has 3 aliphatic heterocycles. The van der Waals surface area contributed by atoms with Gasteiger partial charge in [0.15, 0.2) is 12.2 Å². The first kappa shape index (κ1) is 21.4. The van der Waals surface area contributed by atoms with Gasteiger partial charge in [0, 0.05) is 45.5 Å². The van der Waals surface area contributed by atoms with Crippen molar-refractivity contribution in [2.45, 2.75) is 26.1 Å². The lowest BCUT2D eigenvalue weighted by Crippen LogP contribution is -2.64. The van der Waals surface area contributed by atoms with Crippen molar-refractivity contribution in [1.82, 2.24) is 20.0 Å². The molecule has 3 amide bonds. The van der Waals surface area contributed by atoms with E-state index < -0.39 is 12.2 Å². The van der Waals surface area contributed by atoms with E-state index in [0.717, 1.165) is 44.3 Å². The molecule has 0 saturated carbocycles. The Hall–Kier alpha value is -2.81. The second-order valence-corrected chi connectivity index (χ2v) is 8.82. The zero-order valence-electron chi connectivity index (χ0n) is 18.7. The summed E-state index contributed by atoms with van der Waals surface area (Å²) in [6.07, 6.45) is -0.449. The summed E-state index contributed by atoms with van der Waals surface area (Å²) in [5.74, 6) is 1.89. The number of urea groups is 1. The molecular formula is C22H32N6O3. The quantitative estimate of drug-likeness (QED) is 0.730. The summed E-state index contributed by atoms with van der Waals surface area (Å²) in [5, 5.41) is 2.46. The zero-order chi connectivity index (χ0) is 22.1. The highest BCUT2D eigenvalue weighted by Crippen LogP contribution is 2.26. The van der Waals surface area contributed by atoms with Crippen molar-refractivity contribution in [2.24, 2.45) is 10.9 Å². The van der Waals surface area contributed by atoms with Crippen LogP contribution >= 0.6 is 0 Å². The van der Waals surface area contributed by atoms with E-state index in [2.05, 4.69) is 46.0 Å². The lowest BCUT2D eigenvalue weighted by molar-refractivity contribution is -0.127. The average molecular weight is 429 g/mol. The van der Waals surface area contributed by atoms with E-state index in [9.17, 15) is 9.59 Å². The number of hydrogen-bond donors (Lipinski definition) is 1. The van der Waals surface area contributed by atoms with Gasteiger partial charge in [-0.05, 0) is 30.2 Å². The predicted molar refractivity (Wildman–Crippen MR) is 120 cm³/mol. The highest BCUT2D eigenvalue weighted by molar-refractivity contribution is 6.04. The van der Waals surface area contributed by atoms with Crippen molar-refractivity contribution in [3.05, 3.63) is 24.3 Å². The van der Waals surface area contributed by atoms with Gasteiger partial charge in [0.05, 0.1) is 13.7 Å². The minimum absolute atomic E-state index is 0.253. The number of hydrogen-bond acceptors (Lipinski definition) is 7. The van der Waals surface area contributed by atoms with Crippen LogP contribution in [0.4, 0.5) is 10.5 Å². The molecule has 1 aromatic carbocycles. The normalized spacial score (nSPS) is 24.4. The number of carbonyl (C=O) groups is 2. The Balaban J connectivity index is 1.42. The Bertz CT molecular complexity index is 847. The number of nitrogens with one attached hydrogen (secondary N) is 1. The molecule has 9 nitrogen and oxygen atoms in total. The molecule has 0 bridgehead atoms. The summed E-state index contributed by atoms with van der Waals surface area (Å²) in [6, 6.07) is 7.34. The molecule has 0 radical (unpaired) electrons. The standard InChI is InChI=1S/C22H32N6O3/c1-15(2)13-28-18(23-20-19(28)21(29)24-22(30)25(20)3)14-26-9-11-27(12-10-26)16-5-7-17(31-4)8-6-16/h5-8,15,19-20H,9-14H2,1-4H3,(H,24,29,30). The lowest BCUT2D eigenvalue weighted by Gasteiger charge is -2.39. The van der Waals surface area contributed by atoms with E-state index in [0.29, 0.717) is 12.5 Å². The minimum Gasteiger partial charge on any atom is -0.497 e. The zero-order valence-corrected chi connectivity index (χ0v) is 18.7. The molecule has 31 heavy (non-hydrogen) atoms. The summed E-state index contributed by atoms with van der Waals surface area (Å²) in [5.41, 5.74) is 1.20. The summed E-state index contributed by atoms with van der Waals surface area (Å²) >= 11 is 0. The van der Waals surface area contributed by atoms with Crippen molar-refractivity contribution in [1.29, 1.82) is 0 Å². The molecule has 0 aromatic heterocycles. The van der Waals surface area contributed by atoms with Gasteiger partial charge in [0.1, 0.15) is 11.6 Å². The summed E-state index contributed by atoms with van der Waals surface area (Å²) in [6.45, 7) is 9.37. The highest BCUT2D eigenvalue weighted by Gasteiger charge is 2.48. The SMILES string of the molecule is COc1ccc(N2CCN(CC3=NC4C(C(=O)NC(=O)N4C)N3CC(C)C)CC2)cc1. The number of ether oxygens (including phenoxy) is 1. The number of anilines is 1. The molecule has 3 aliphatic rings. The number of amidine groups is 1. The highest BCUT2D eigenvalue weighted by atomic mass is 16.5. The second-order valence-electron chi connectivity index (χ2n) is 8.82. The molecule has 3 heterocycles. The predicted octanol–water partition coefficient (Wildman–Crippen LogP) is 1.06. The molecule has 168 valence electrons. The number of imide groups is 1. The minimum atomic E-state index is -0.449. The number of likely N-dealkylation sites (N-methyl/N-ethyl adjacent to an activating group) is 1. The number of carbonyl (C=O) groups excluding carboxylic acids is 2. The number of benzene rings is 1. The van der Waals surface area contributed by atoms with Crippen molar-refractivity contribution in [3.8, 4) is 5.75 Å². The monoisotopic (exact) mass is 428 g/mol. The molecule has 0 spiro atoms. The Morgan fingerprint density at radius 3 is 2.42 bits per heavy atom. The maximum Gasteiger partial charge on any atom is 0.325 e. The third-order valence-electron chi connectivity index (χ3n) is 6.18. The molecule has 2 saturated heterocycles. The maximum atomic E-state index is 12.6. The molecule has 0 aliphatic carbocycles. The van der Waals surface area contributed by atoms with Gasteiger partial charge in [0.25, 0.3) is 5.91 Å². The van der Waals surface area contributed by atoms with E-state index in [1.165, 1.54) is 10.6 Å². The topological polar surface area (TPSA) is 80.7 Å². The third kappa shape index (κ3) is 4.32. The van der Waals surface area contributed by atoms with Crippen LogP contribution < -0.4 is 15.0 Å². The number of aliphatic imine (C=N–C) groups is 1. The van der Waals surface area contributed by atoms with Crippen LogP contribution in [0.5, 0.6) is 5.75 Å². The Morgan fingerprint density at radius 2 is 1.81 bits per heavy atom. The second kappa shape index (κ2) is 8.74. The van der Waals surface area contributed by atoms with Gasteiger partial charge in [-0.15, -0.1) is 0 Å². The average Bonchev–Trinajstić information content (AvgIpc) is 3.10. The van der Waals surface area contributed by atoms with Crippen LogP contribution in [0.2, 0.25) is 0 Å². The van der Waals surface area contributed by atoms with E-state index >= 15 is 0 Å². The van der Waals surface area contributed by atoms with Gasteiger partial charge in [-0.3, -0.25) is 15.0 Å². The van der Waals surface area contributed by atoms with E-state index in [1.54, 1.807) is 14.2 Å². The Labute approximate surface area is 183 Å². The summed E-state index contributed by atoms with van der Waals surface area (Å²) in [7, 11) is 3.38. The first-order valence-corrected chi connectivity index (χ1v) is 10.9. The van der Waals surface area contributed by atoms with Crippen molar-refractivity contribution >= 4 is 23.5 Å². The fraction of sp³-hybridized carbons (Fsp3) is 0.591. The number of nitrogens with zero attached hydrogens (tertiary/aromatic N) is 5. The van der Waals surface area contributed by atoms with Crippen LogP contribution in [0.25, 0.3) is 0 Å². The number of methoxy groups -OCH3 is 1. The fourth-order valence-corrected chi connectivity index (χ4v) is 4.48. The van der Waals surface area contributed by atoms with E-state index in [-0.39, 0.29) is 11.9 Å². The summed E-state index contributed by atoms with van der Waals surface area (Å²) in [4.78, 5) is 37.9.